The summed E-state index contributed by atoms with van der Waals surface area (Å²) >= 11 is 11.6. The number of likely N-dealkylation sites (N-methyl/N-ethyl adjacent to an activating group) is 1. The van der Waals surface area contributed by atoms with Crippen LogP contribution in [0.5, 0.6) is 0 Å². The minimum absolute atomic E-state index is 0.0806. The minimum atomic E-state index is -3.75. The van der Waals surface area contributed by atoms with Crippen LogP contribution in [0.3, 0.4) is 0 Å². The molecule has 0 radical (unpaired) electrons. The molecule has 0 aliphatic carbocycles. The standard InChI is InChI=1S/C16H16Cl2N2O3S/c1-20(24(22,23)15-7-5-13(17)6-8-15)11-16(21)19-10-12-3-2-4-14(18)9-12/h2-9H,10-11H2,1H3,(H,19,21). The molecule has 0 saturated heterocycles. The van der Waals surface area contributed by atoms with Crippen LogP contribution in [-0.4, -0.2) is 32.2 Å². The second-order valence-electron chi connectivity index (χ2n) is 5.12. The largest absolute Gasteiger partial charge is 0.351 e. The highest BCUT2D eigenvalue weighted by Crippen LogP contribution is 2.17. The van der Waals surface area contributed by atoms with Gasteiger partial charge in [0.1, 0.15) is 0 Å². The number of hydrogen-bond acceptors (Lipinski definition) is 3. The van der Waals surface area contributed by atoms with Crippen molar-refractivity contribution in [3.63, 3.8) is 0 Å². The highest BCUT2D eigenvalue weighted by molar-refractivity contribution is 7.89. The summed E-state index contributed by atoms with van der Waals surface area (Å²) < 4.78 is 25.8. The first-order valence-corrected chi connectivity index (χ1v) is 9.21. The maximum atomic E-state index is 12.4. The summed E-state index contributed by atoms with van der Waals surface area (Å²) in [5.74, 6) is -0.407. The molecule has 2 aromatic carbocycles. The number of benzene rings is 2. The Morgan fingerprint density at radius 3 is 2.38 bits per heavy atom. The van der Waals surface area contributed by atoms with E-state index in [2.05, 4.69) is 5.32 Å². The molecule has 0 aliphatic rings. The van der Waals surface area contributed by atoms with Crippen LogP contribution < -0.4 is 5.32 Å². The molecule has 8 heteroatoms. The molecule has 0 aliphatic heterocycles. The molecule has 128 valence electrons. The first-order chi connectivity index (χ1) is 11.3. The fourth-order valence-electron chi connectivity index (χ4n) is 1.98. The molecule has 2 rings (SSSR count). The Morgan fingerprint density at radius 1 is 1.08 bits per heavy atom. The highest BCUT2D eigenvalue weighted by Gasteiger charge is 2.22. The number of nitrogens with zero attached hydrogens (tertiary/aromatic N) is 1. The van der Waals surface area contributed by atoms with Gasteiger partial charge in [0.05, 0.1) is 11.4 Å². The van der Waals surface area contributed by atoms with Crippen molar-refractivity contribution in [1.29, 1.82) is 0 Å². The zero-order valence-electron chi connectivity index (χ0n) is 12.9. The molecule has 2 aromatic rings. The molecule has 0 aromatic heterocycles. The lowest BCUT2D eigenvalue weighted by Gasteiger charge is -2.17. The van der Waals surface area contributed by atoms with Gasteiger partial charge in [0.2, 0.25) is 15.9 Å². The molecule has 24 heavy (non-hydrogen) atoms. The molecule has 0 fully saturated rings. The van der Waals surface area contributed by atoms with Crippen LogP contribution in [0.2, 0.25) is 10.0 Å². The van der Waals surface area contributed by atoms with Crippen LogP contribution in [0.4, 0.5) is 0 Å². The maximum absolute atomic E-state index is 12.4. The predicted octanol–water partition coefficient (Wildman–Crippen LogP) is 2.93. The third kappa shape index (κ3) is 4.95. The number of rotatable bonds is 6. The van der Waals surface area contributed by atoms with Crippen LogP contribution in [0, 0.1) is 0 Å². The summed E-state index contributed by atoms with van der Waals surface area (Å²) in [6.45, 7) is -0.0141. The lowest BCUT2D eigenvalue weighted by Crippen LogP contribution is -2.38. The van der Waals surface area contributed by atoms with Gasteiger partial charge in [-0.15, -0.1) is 0 Å². The Kier molecular flexibility index (Phi) is 6.23. The smallest absolute Gasteiger partial charge is 0.243 e. The van der Waals surface area contributed by atoms with E-state index < -0.39 is 15.9 Å². The van der Waals surface area contributed by atoms with Crippen molar-refractivity contribution < 1.29 is 13.2 Å². The zero-order chi connectivity index (χ0) is 17.7. The third-order valence-electron chi connectivity index (χ3n) is 3.27. The average molecular weight is 387 g/mol. The van der Waals surface area contributed by atoms with Gasteiger partial charge < -0.3 is 5.32 Å². The summed E-state index contributed by atoms with van der Waals surface area (Å²) in [4.78, 5) is 12.1. The average Bonchev–Trinajstić information content (AvgIpc) is 2.53. The van der Waals surface area contributed by atoms with Crippen molar-refractivity contribution in [3.8, 4) is 0 Å². The number of sulfonamides is 1. The SMILES string of the molecule is CN(CC(=O)NCc1cccc(Cl)c1)S(=O)(=O)c1ccc(Cl)cc1. The Labute approximate surface area is 151 Å². The van der Waals surface area contributed by atoms with Crippen LogP contribution >= 0.6 is 23.2 Å². The summed E-state index contributed by atoms with van der Waals surface area (Å²) in [6.07, 6.45) is 0. The topological polar surface area (TPSA) is 66.5 Å². The molecule has 0 bridgehead atoms. The van der Waals surface area contributed by atoms with Gasteiger partial charge in [-0.1, -0.05) is 35.3 Å². The Bertz CT molecular complexity index is 823. The predicted molar refractivity (Wildman–Crippen MR) is 94.6 cm³/mol. The zero-order valence-corrected chi connectivity index (χ0v) is 15.2. The van der Waals surface area contributed by atoms with E-state index in [9.17, 15) is 13.2 Å². The Balaban J connectivity index is 1.96. The summed E-state index contributed by atoms with van der Waals surface area (Å²) in [5.41, 5.74) is 0.832. The molecule has 0 atom stereocenters. The number of carbonyl (C=O) groups is 1. The second-order valence-corrected chi connectivity index (χ2v) is 8.04. The van der Waals surface area contributed by atoms with E-state index in [-0.39, 0.29) is 18.0 Å². The van der Waals surface area contributed by atoms with Gasteiger partial charge in [-0.05, 0) is 42.0 Å². The molecule has 1 amide bonds. The fourth-order valence-corrected chi connectivity index (χ4v) is 3.44. The van der Waals surface area contributed by atoms with Gasteiger partial charge in [-0.3, -0.25) is 4.79 Å². The molecular weight excluding hydrogens is 371 g/mol. The van der Waals surface area contributed by atoms with E-state index in [0.29, 0.717) is 10.0 Å². The number of carbonyl (C=O) groups excluding carboxylic acids is 1. The van der Waals surface area contributed by atoms with Gasteiger partial charge in [0, 0.05) is 23.6 Å². The first kappa shape index (κ1) is 18.7. The molecule has 1 N–H and O–H groups in total. The van der Waals surface area contributed by atoms with Gasteiger partial charge in [-0.25, -0.2) is 8.42 Å². The second kappa shape index (κ2) is 7.98. The Hall–Kier alpha value is -1.60. The van der Waals surface area contributed by atoms with E-state index >= 15 is 0 Å². The molecule has 0 unspecified atom stereocenters. The van der Waals surface area contributed by atoms with Gasteiger partial charge in [0.15, 0.2) is 0 Å². The number of hydrogen-bond donors (Lipinski definition) is 1. The van der Waals surface area contributed by atoms with Gasteiger partial charge in [0.25, 0.3) is 0 Å². The van der Waals surface area contributed by atoms with Crippen molar-refractivity contribution in [2.24, 2.45) is 0 Å². The minimum Gasteiger partial charge on any atom is -0.351 e. The summed E-state index contributed by atoms with van der Waals surface area (Å²) in [5, 5.41) is 3.68. The molecule has 0 spiro atoms. The van der Waals surface area contributed by atoms with E-state index in [1.807, 2.05) is 6.07 Å². The van der Waals surface area contributed by atoms with Gasteiger partial charge >= 0.3 is 0 Å². The summed E-state index contributed by atoms with van der Waals surface area (Å²) in [7, 11) is -2.40. The van der Waals surface area contributed by atoms with Crippen molar-refractivity contribution in [3.05, 3.63) is 64.1 Å². The van der Waals surface area contributed by atoms with Gasteiger partial charge in [-0.2, -0.15) is 4.31 Å². The lowest BCUT2D eigenvalue weighted by atomic mass is 10.2. The maximum Gasteiger partial charge on any atom is 0.243 e. The van der Waals surface area contributed by atoms with Crippen LogP contribution in [0.25, 0.3) is 0 Å². The Morgan fingerprint density at radius 2 is 1.75 bits per heavy atom. The summed E-state index contributed by atoms with van der Waals surface area (Å²) in [6, 6.07) is 12.8. The van der Waals surface area contributed by atoms with E-state index in [1.165, 1.54) is 31.3 Å². The molecule has 0 heterocycles. The van der Waals surface area contributed by atoms with Crippen LogP contribution in [0.15, 0.2) is 53.4 Å². The van der Waals surface area contributed by atoms with E-state index in [0.717, 1.165) is 9.87 Å². The van der Waals surface area contributed by atoms with Crippen molar-refractivity contribution in [2.45, 2.75) is 11.4 Å². The number of amides is 1. The first-order valence-electron chi connectivity index (χ1n) is 7.02. The molecule has 5 nitrogen and oxygen atoms in total. The normalized spacial score (nSPS) is 11.5. The van der Waals surface area contributed by atoms with Crippen molar-refractivity contribution in [2.75, 3.05) is 13.6 Å². The monoisotopic (exact) mass is 386 g/mol. The quantitative estimate of drug-likeness (QED) is 0.829. The molecule has 0 saturated carbocycles. The van der Waals surface area contributed by atoms with E-state index in [1.54, 1.807) is 18.2 Å². The number of halogens is 2. The van der Waals surface area contributed by atoms with Crippen molar-refractivity contribution >= 4 is 39.1 Å². The highest BCUT2D eigenvalue weighted by atomic mass is 35.5. The fraction of sp³-hybridized carbons (Fsp3) is 0.188. The lowest BCUT2D eigenvalue weighted by molar-refractivity contribution is -0.121. The number of nitrogens with one attached hydrogen (secondary N) is 1. The van der Waals surface area contributed by atoms with Crippen LogP contribution in [0.1, 0.15) is 5.56 Å². The third-order valence-corrected chi connectivity index (χ3v) is 5.57. The molecular formula is C16H16Cl2N2O3S. The van der Waals surface area contributed by atoms with Crippen molar-refractivity contribution in [1.82, 2.24) is 9.62 Å². The van der Waals surface area contributed by atoms with E-state index in [4.69, 9.17) is 23.2 Å². The van der Waals surface area contributed by atoms with Crippen LogP contribution in [-0.2, 0) is 21.4 Å².